The average Bonchev–Trinajstić information content (AvgIpc) is 2.89. The van der Waals surface area contributed by atoms with Crippen molar-refractivity contribution < 1.29 is 4.79 Å². The van der Waals surface area contributed by atoms with Crippen molar-refractivity contribution in [2.45, 2.75) is 33.6 Å². The van der Waals surface area contributed by atoms with Crippen molar-refractivity contribution >= 4 is 5.78 Å². The zero-order valence-electron chi connectivity index (χ0n) is 11.8. The van der Waals surface area contributed by atoms with Crippen LogP contribution in [-0.2, 0) is 0 Å². The molecule has 1 aromatic carbocycles. The second-order valence-electron chi connectivity index (χ2n) is 4.88. The van der Waals surface area contributed by atoms with E-state index in [2.05, 4.69) is 24.0 Å². The van der Waals surface area contributed by atoms with Gasteiger partial charge in [0.2, 0.25) is 0 Å². The Kier molecular flexibility index (Phi) is 4.15. The van der Waals surface area contributed by atoms with Crippen molar-refractivity contribution in [2.24, 2.45) is 5.92 Å². The van der Waals surface area contributed by atoms with Gasteiger partial charge >= 0.3 is 0 Å². The number of carbonyl (C=O) groups excluding carboxylic acids is 1. The van der Waals surface area contributed by atoms with E-state index in [1.807, 2.05) is 36.7 Å². The van der Waals surface area contributed by atoms with Gasteiger partial charge in [-0.2, -0.15) is 0 Å². The first-order chi connectivity index (χ1) is 9.15. The summed E-state index contributed by atoms with van der Waals surface area (Å²) >= 11 is 0. The first-order valence-electron chi connectivity index (χ1n) is 6.81. The predicted octanol–water partition coefficient (Wildman–Crippen LogP) is 3.80. The van der Waals surface area contributed by atoms with Crippen LogP contribution >= 0.6 is 0 Å². The number of nitrogens with zero attached hydrogens (tertiary/aromatic N) is 2. The Bertz CT molecular complexity index is 568. The van der Waals surface area contributed by atoms with E-state index in [0.717, 1.165) is 18.5 Å². The zero-order chi connectivity index (χ0) is 13.8. The van der Waals surface area contributed by atoms with Gasteiger partial charge in [-0.1, -0.05) is 26.0 Å². The van der Waals surface area contributed by atoms with Crippen molar-refractivity contribution in [3.8, 4) is 5.69 Å². The number of aromatic nitrogens is 2. The van der Waals surface area contributed by atoms with Crippen LogP contribution in [0, 0.1) is 12.8 Å². The standard InChI is InChI=1S/C16H20N2O/c1-4-13(5-2)16(19)15-10-18(11-17-15)14-8-6-7-12(3)9-14/h6-11,13H,4-5H2,1-3H3. The van der Waals surface area contributed by atoms with Crippen LogP contribution in [0.1, 0.15) is 42.7 Å². The second kappa shape index (κ2) is 5.83. The molecule has 19 heavy (non-hydrogen) atoms. The molecular formula is C16H20N2O. The van der Waals surface area contributed by atoms with Crippen molar-refractivity contribution in [2.75, 3.05) is 0 Å². The first kappa shape index (κ1) is 13.5. The molecule has 3 heteroatoms. The largest absolute Gasteiger partial charge is 0.306 e. The molecule has 100 valence electrons. The third kappa shape index (κ3) is 2.92. The highest BCUT2D eigenvalue weighted by Gasteiger charge is 2.18. The van der Waals surface area contributed by atoms with Crippen LogP contribution in [0.5, 0.6) is 0 Å². The Morgan fingerprint density at radius 2 is 2.05 bits per heavy atom. The lowest BCUT2D eigenvalue weighted by Gasteiger charge is -2.08. The lowest BCUT2D eigenvalue weighted by molar-refractivity contribution is 0.0908. The van der Waals surface area contributed by atoms with E-state index in [4.69, 9.17) is 0 Å². The molecule has 2 rings (SSSR count). The van der Waals surface area contributed by atoms with E-state index in [9.17, 15) is 4.79 Å². The lowest BCUT2D eigenvalue weighted by Crippen LogP contribution is -2.13. The molecule has 0 saturated heterocycles. The van der Waals surface area contributed by atoms with Crippen molar-refractivity contribution in [3.63, 3.8) is 0 Å². The monoisotopic (exact) mass is 256 g/mol. The third-order valence-corrected chi connectivity index (χ3v) is 3.49. The van der Waals surface area contributed by atoms with Gasteiger partial charge in [-0.25, -0.2) is 4.98 Å². The van der Waals surface area contributed by atoms with Gasteiger partial charge in [-0.3, -0.25) is 4.79 Å². The lowest BCUT2D eigenvalue weighted by atomic mass is 9.96. The topological polar surface area (TPSA) is 34.9 Å². The summed E-state index contributed by atoms with van der Waals surface area (Å²) in [7, 11) is 0. The second-order valence-corrected chi connectivity index (χ2v) is 4.88. The molecule has 3 nitrogen and oxygen atoms in total. The minimum Gasteiger partial charge on any atom is -0.306 e. The Balaban J connectivity index is 2.26. The molecule has 0 spiro atoms. The summed E-state index contributed by atoms with van der Waals surface area (Å²) in [5.74, 6) is 0.234. The smallest absolute Gasteiger partial charge is 0.185 e. The van der Waals surface area contributed by atoms with Gasteiger partial charge in [0.15, 0.2) is 5.78 Å². The maximum absolute atomic E-state index is 12.2. The van der Waals surface area contributed by atoms with Gasteiger partial charge < -0.3 is 4.57 Å². The highest BCUT2D eigenvalue weighted by Crippen LogP contribution is 2.16. The van der Waals surface area contributed by atoms with E-state index >= 15 is 0 Å². The summed E-state index contributed by atoms with van der Waals surface area (Å²) < 4.78 is 1.91. The molecule has 0 aliphatic rings. The van der Waals surface area contributed by atoms with Gasteiger partial charge in [-0.15, -0.1) is 0 Å². The van der Waals surface area contributed by atoms with Crippen LogP contribution in [0.4, 0.5) is 0 Å². The average molecular weight is 256 g/mol. The summed E-state index contributed by atoms with van der Waals surface area (Å²) in [6.45, 7) is 6.14. The molecule has 1 aromatic heterocycles. The molecule has 0 unspecified atom stereocenters. The number of carbonyl (C=O) groups is 1. The molecule has 0 saturated carbocycles. The summed E-state index contributed by atoms with van der Waals surface area (Å²) in [6.07, 6.45) is 5.28. The van der Waals surface area contributed by atoms with Gasteiger partial charge in [0.1, 0.15) is 12.0 Å². The quantitative estimate of drug-likeness (QED) is 0.763. The fraction of sp³-hybridized carbons (Fsp3) is 0.375. The zero-order valence-corrected chi connectivity index (χ0v) is 11.8. The SMILES string of the molecule is CCC(CC)C(=O)c1cn(-c2cccc(C)c2)cn1. The Labute approximate surface area is 114 Å². The van der Waals surface area contributed by atoms with Crippen LogP contribution in [0.3, 0.4) is 0 Å². The minimum absolute atomic E-state index is 0.0841. The third-order valence-electron chi connectivity index (χ3n) is 3.49. The summed E-state index contributed by atoms with van der Waals surface area (Å²) in [5, 5.41) is 0. The molecule has 0 atom stereocenters. The number of benzene rings is 1. The highest BCUT2D eigenvalue weighted by atomic mass is 16.1. The van der Waals surface area contributed by atoms with E-state index < -0.39 is 0 Å². The van der Waals surface area contributed by atoms with Gasteiger partial charge in [-0.05, 0) is 37.5 Å². The van der Waals surface area contributed by atoms with E-state index in [1.165, 1.54) is 5.56 Å². The number of hydrogen-bond acceptors (Lipinski definition) is 2. The first-order valence-corrected chi connectivity index (χ1v) is 6.81. The fourth-order valence-electron chi connectivity index (χ4n) is 2.25. The van der Waals surface area contributed by atoms with Crippen LogP contribution in [0.2, 0.25) is 0 Å². The normalized spacial score (nSPS) is 10.9. The van der Waals surface area contributed by atoms with Crippen molar-refractivity contribution in [1.29, 1.82) is 0 Å². The Morgan fingerprint density at radius 1 is 1.32 bits per heavy atom. The van der Waals surface area contributed by atoms with Gasteiger partial charge in [0, 0.05) is 17.8 Å². The Morgan fingerprint density at radius 3 is 2.68 bits per heavy atom. The molecule has 0 radical (unpaired) electrons. The van der Waals surface area contributed by atoms with Crippen molar-refractivity contribution in [3.05, 3.63) is 48.0 Å². The number of ketones is 1. The summed E-state index contributed by atoms with van der Waals surface area (Å²) in [4.78, 5) is 16.5. The molecule has 0 bridgehead atoms. The number of Topliss-reactive ketones (excluding diaryl/α,β-unsaturated/α-hetero) is 1. The van der Waals surface area contributed by atoms with Crippen molar-refractivity contribution in [1.82, 2.24) is 9.55 Å². The highest BCUT2D eigenvalue weighted by molar-refractivity contribution is 5.95. The number of hydrogen-bond donors (Lipinski definition) is 0. The molecule has 1 heterocycles. The molecular weight excluding hydrogens is 236 g/mol. The maximum Gasteiger partial charge on any atom is 0.185 e. The van der Waals surface area contributed by atoms with E-state index in [1.54, 1.807) is 6.33 Å². The van der Waals surface area contributed by atoms with Crippen LogP contribution in [0.15, 0.2) is 36.8 Å². The molecule has 0 N–H and O–H groups in total. The minimum atomic E-state index is 0.0841. The molecule has 0 amide bonds. The van der Waals surface area contributed by atoms with Gasteiger partial charge in [0.05, 0.1) is 0 Å². The summed E-state index contributed by atoms with van der Waals surface area (Å²) in [5.41, 5.74) is 2.80. The van der Waals surface area contributed by atoms with Gasteiger partial charge in [0.25, 0.3) is 0 Å². The Hall–Kier alpha value is -1.90. The predicted molar refractivity (Wildman–Crippen MR) is 76.7 cm³/mol. The van der Waals surface area contributed by atoms with E-state index in [-0.39, 0.29) is 11.7 Å². The summed E-state index contributed by atoms with van der Waals surface area (Å²) in [6, 6.07) is 8.15. The number of rotatable bonds is 5. The number of aryl methyl sites for hydroxylation is 1. The number of imidazole rings is 1. The van der Waals surface area contributed by atoms with Crippen LogP contribution in [-0.4, -0.2) is 15.3 Å². The van der Waals surface area contributed by atoms with E-state index in [0.29, 0.717) is 5.69 Å². The molecule has 0 aliphatic carbocycles. The molecule has 2 aromatic rings. The molecule has 0 aliphatic heterocycles. The molecule has 0 fully saturated rings. The van der Waals surface area contributed by atoms with Crippen LogP contribution < -0.4 is 0 Å². The van der Waals surface area contributed by atoms with Crippen LogP contribution in [0.25, 0.3) is 5.69 Å². The maximum atomic E-state index is 12.2. The fourth-order valence-corrected chi connectivity index (χ4v) is 2.25.